The fraction of sp³-hybridized carbons (Fsp3) is 0.500. The highest BCUT2D eigenvalue weighted by Gasteiger charge is 2.20. The lowest BCUT2D eigenvalue weighted by Gasteiger charge is -2.16. The average molecular weight is 257 g/mol. The Morgan fingerprint density at radius 3 is 2.53 bits per heavy atom. The van der Waals surface area contributed by atoms with Crippen molar-refractivity contribution in [3.05, 3.63) is 29.8 Å². The summed E-state index contributed by atoms with van der Waals surface area (Å²) in [5.74, 6) is 0.285. The van der Waals surface area contributed by atoms with Gasteiger partial charge >= 0.3 is 0 Å². The number of rotatable bonds is 5. The molecule has 0 atom stereocenters. The third-order valence-corrected chi connectivity index (χ3v) is 4.50. The number of likely N-dealkylation sites (N-methyl/N-ethyl adjacent to an activating group) is 1. The molecular formula is C12H19NO3S. The van der Waals surface area contributed by atoms with Crippen LogP contribution in [-0.2, 0) is 10.0 Å². The largest absolute Gasteiger partial charge is 0.395 e. The Labute approximate surface area is 103 Å². The molecule has 1 aromatic rings. The molecule has 96 valence electrons. The normalized spacial score (nSPS) is 12.4. The van der Waals surface area contributed by atoms with E-state index in [0.717, 1.165) is 9.87 Å². The van der Waals surface area contributed by atoms with Crippen LogP contribution in [0, 0.1) is 0 Å². The SMILES string of the molecule is CC(C)c1cccc(S(=O)(=O)N(C)CCO)c1. The molecule has 4 nitrogen and oxygen atoms in total. The topological polar surface area (TPSA) is 57.6 Å². The number of aliphatic hydroxyl groups excluding tert-OH is 1. The summed E-state index contributed by atoms with van der Waals surface area (Å²) in [6, 6.07) is 6.92. The van der Waals surface area contributed by atoms with E-state index in [-0.39, 0.29) is 24.0 Å². The van der Waals surface area contributed by atoms with Gasteiger partial charge in [0.15, 0.2) is 0 Å². The number of hydrogen-bond donors (Lipinski definition) is 1. The monoisotopic (exact) mass is 257 g/mol. The van der Waals surface area contributed by atoms with Crippen molar-refractivity contribution >= 4 is 10.0 Å². The molecule has 0 saturated carbocycles. The summed E-state index contributed by atoms with van der Waals surface area (Å²) in [4.78, 5) is 0.277. The van der Waals surface area contributed by atoms with Gasteiger partial charge in [0.25, 0.3) is 0 Å². The van der Waals surface area contributed by atoms with E-state index in [0.29, 0.717) is 0 Å². The quantitative estimate of drug-likeness (QED) is 0.868. The van der Waals surface area contributed by atoms with E-state index < -0.39 is 10.0 Å². The molecule has 0 saturated heterocycles. The van der Waals surface area contributed by atoms with Crippen molar-refractivity contribution in [2.75, 3.05) is 20.2 Å². The van der Waals surface area contributed by atoms with E-state index in [9.17, 15) is 8.42 Å². The van der Waals surface area contributed by atoms with E-state index in [2.05, 4.69) is 0 Å². The molecule has 0 unspecified atom stereocenters. The maximum absolute atomic E-state index is 12.1. The fourth-order valence-electron chi connectivity index (χ4n) is 1.48. The molecule has 0 aliphatic heterocycles. The van der Waals surface area contributed by atoms with Crippen LogP contribution in [0.15, 0.2) is 29.2 Å². The fourth-order valence-corrected chi connectivity index (χ4v) is 2.69. The molecule has 0 bridgehead atoms. The molecule has 0 aromatic heterocycles. The zero-order valence-electron chi connectivity index (χ0n) is 10.4. The van der Waals surface area contributed by atoms with Crippen LogP contribution in [0.25, 0.3) is 0 Å². The van der Waals surface area contributed by atoms with E-state index >= 15 is 0 Å². The zero-order chi connectivity index (χ0) is 13.1. The van der Waals surface area contributed by atoms with Crippen molar-refractivity contribution in [1.82, 2.24) is 4.31 Å². The van der Waals surface area contributed by atoms with Crippen LogP contribution in [-0.4, -0.2) is 38.0 Å². The number of nitrogens with zero attached hydrogens (tertiary/aromatic N) is 1. The summed E-state index contributed by atoms with van der Waals surface area (Å²) in [5, 5.41) is 8.78. The minimum absolute atomic E-state index is 0.105. The molecular weight excluding hydrogens is 238 g/mol. The first-order valence-electron chi connectivity index (χ1n) is 5.56. The van der Waals surface area contributed by atoms with Crippen LogP contribution in [0.4, 0.5) is 0 Å². The second kappa shape index (κ2) is 5.62. The van der Waals surface area contributed by atoms with Gasteiger partial charge in [-0.2, -0.15) is 4.31 Å². The Bertz CT molecular complexity index is 468. The average Bonchev–Trinajstić information content (AvgIpc) is 2.29. The van der Waals surface area contributed by atoms with Crippen LogP contribution < -0.4 is 0 Å². The number of sulfonamides is 1. The molecule has 5 heteroatoms. The van der Waals surface area contributed by atoms with Gasteiger partial charge in [0.05, 0.1) is 11.5 Å². The minimum Gasteiger partial charge on any atom is -0.395 e. The van der Waals surface area contributed by atoms with Gasteiger partial charge in [-0.3, -0.25) is 0 Å². The lowest BCUT2D eigenvalue weighted by Crippen LogP contribution is -2.29. The molecule has 0 aliphatic rings. The Morgan fingerprint density at radius 2 is 2.00 bits per heavy atom. The molecule has 0 radical (unpaired) electrons. The molecule has 1 N–H and O–H groups in total. The highest BCUT2D eigenvalue weighted by molar-refractivity contribution is 7.89. The van der Waals surface area contributed by atoms with E-state index in [1.54, 1.807) is 18.2 Å². The molecule has 0 heterocycles. The highest BCUT2D eigenvalue weighted by atomic mass is 32.2. The third kappa shape index (κ3) is 3.28. The van der Waals surface area contributed by atoms with Gasteiger partial charge < -0.3 is 5.11 Å². The summed E-state index contributed by atoms with van der Waals surface area (Å²) in [6.07, 6.45) is 0. The highest BCUT2D eigenvalue weighted by Crippen LogP contribution is 2.20. The van der Waals surface area contributed by atoms with Gasteiger partial charge in [-0.15, -0.1) is 0 Å². The maximum atomic E-state index is 12.1. The van der Waals surface area contributed by atoms with Gasteiger partial charge in [-0.05, 0) is 23.6 Å². The summed E-state index contributed by atoms with van der Waals surface area (Å²) < 4.78 is 25.4. The van der Waals surface area contributed by atoms with Gasteiger partial charge in [-0.25, -0.2) is 8.42 Å². The van der Waals surface area contributed by atoms with E-state index in [4.69, 9.17) is 5.11 Å². The number of aliphatic hydroxyl groups is 1. The second-order valence-corrected chi connectivity index (χ2v) is 6.32. The van der Waals surface area contributed by atoms with Crippen LogP contribution >= 0.6 is 0 Å². The smallest absolute Gasteiger partial charge is 0.242 e. The molecule has 1 aromatic carbocycles. The number of hydrogen-bond acceptors (Lipinski definition) is 3. The summed E-state index contributed by atoms with van der Waals surface area (Å²) in [5.41, 5.74) is 0.989. The minimum atomic E-state index is -3.48. The predicted octanol–water partition coefficient (Wildman–Crippen LogP) is 1.42. The van der Waals surface area contributed by atoms with Gasteiger partial charge in [0.2, 0.25) is 10.0 Å². The van der Waals surface area contributed by atoms with Gasteiger partial charge in [-0.1, -0.05) is 26.0 Å². The van der Waals surface area contributed by atoms with Crippen LogP contribution in [0.5, 0.6) is 0 Å². The molecule has 0 amide bonds. The van der Waals surface area contributed by atoms with E-state index in [1.165, 1.54) is 7.05 Å². The van der Waals surface area contributed by atoms with Gasteiger partial charge in [0, 0.05) is 13.6 Å². The first-order valence-corrected chi connectivity index (χ1v) is 7.00. The molecule has 0 aliphatic carbocycles. The van der Waals surface area contributed by atoms with Crippen molar-refractivity contribution in [3.63, 3.8) is 0 Å². The Balaban J connectivity index is 3.11. The summed E-state index contributed by atoms with van der Waals surface area (Å²) in [7, 11) is -2.02. The van der Waals surface area contributed by atoms with Crippen LogP contribution in [0.3, 0.4) is 0 Å². The second-order valence-electron chi connectivity index (χ2n) is 4.28. The van der Waals surface area contributed by atoms with Crippen molar-refractivity contribution in [3.8, 4) is 0 Å². The number of benzene rings is 1. The third-order valence-electron chi connectivity index (χ3n) is 2.65. The van der Waals surface area contributed by atoms with Crippen molar-refractivity contribution in [1.29, 1.82) is 0 Å². The van der Waals surface area contributed by atoms with E-state index in [1.807, 2.05) is 19.9 Å². The maximum Gasteiger partial charge on any atom is 0.242 e. The first kappa shape index (κ1) is 14.2. The predicted molar refractivity (Wildman–Crippen MR) is 67.4 cm³/mol. The van der Waals surface area contributed by atoms with Crippen molar-refractivity contribution in [2.45, 2.75) is 24.7 Å². The van der Waals surface area contributed by atoms with Crippen LogP contribution in [0.1, 0.15) is 25.3 Å². The Hall–Kier alpha value is -0.910. The lowest BCUT2D eigenvalue weighted by molar-refractivity contribution is 0.266. The summed E-state index contributed by atoms with van der Waals surface area (Å²) in [6.45, 7) is 3.96. The summed E-state index contributed by atoms with van der Waals surface area (Å²) >= 11 is 0. The van der Waals surface area contributed by atoms with Gasteiger partial charge in [0.1, 0.15) is 0 Å². The lowest BCUT2D eigenvalue weighted by atomic mass is 10.0. The first-order chi connectivity index (χ1) is 7.89. The standard InChI is InChI=1S/C12H19NO3S/c1-10(2)11-5-4-6-12(9-11)17(15,16)13(3)7-8-14/h4-6,9-10,14H,7-8H2,1-3H3. The molecule has 0 spiro atoms. The Morgan fingerprint density at radius 1 is 1.35 bits per heavy atom. The van der Waals surface area contributed by atoms with Crippen molar-refractivity contribution in [2.24, 2.45) is 0 Å². The van der Waals surface area contributed by atoms with Crippen LogP contribution in [0.2, 0.25) is 0 Å². The Kier molecular flexibility index (Phi) is 4.68. The molecule has 0 fully saturated rings. The zero-order valence-corrected chi connectivity index (χ0v) is 11.2. The molecule has 1 rings (SSSR count). The molecule has 17 heavy (non-hydrogen) atoms. The van der Waals surface area contributed by atoms with Crippen molar-refractivity contribution < 1.29 is 13.5 Å².